The molecule has 5 heteroatoms. The van der Waals surface area contributed by atoms with Gasteiger partial charge in [-0.1, -0.05) is 18.0 Å². The molecular formula is C12H17ClN2O2. The average molecular weight is 257 g/mol. The number of hydrogen-bond acceptors (Lipinski definition) is 2. The van der Waals surface area contributed by atoms with E-state index in [0.717, 1.165) is 13.0 Å². The summed E-state index contributed by atoms with van der Waals surface area (Å²) in [5.74, 6) is -0.921. The molecule has 1 aliphatic rings. The normalized spacial score (nSPS) is 21.6. The van der Waals surface area contributed by atoms with Gasteiger partial charge in [-0.25, -0.2) is 4.79 Å². The smallest absolute Gasteiger partial charge is 0.352 e. The molecule has 17 heavy (non-hydrogen) atoms. The summed E-state index contributed by atoms with van der Waals surface area (Å²) in [6.45, 7) is 1.78. The molecule has 1 aliphatic heterocycles. The standard InChI is InChI=1S/C12H17ClN2O2/c1-14-5-3-2-4-10(14)8-15-7-9(13)6-11(15)12(16)17/h6-7,10H,2-5,8H2,1H3,(H,16,17). The van der Waals surface area contributed by atoms with Crippen LogP contribution in [0.3, 0.4) is 0 Å². The third-order valence-corrected chi connectivity index (χ3v) is 3.62. The predicted molar refractivity (Wildman–Crippen MR) is 66.7 cm³/mol. The number of aromatic carboxylic acids is 1. The highest BCUT2D eigenvalue weighted by Gasteiger charge is 2.21. The number of halogens is 1. The first kappa shape index (κ1) is 12.5. The maximum absolute atomic E-state index is 11.1. The van der Waals surface area contributed by atoms with Gasteiger partial charge in [0, 0.05) is 18.8 Å². The maximum atomic E-state index is 11.1. The lowest BCUT2D eigenvalue weighted by molar-refractivity contribution is 0.0681. The Bertz CT molecular complexity index is 417. The summed E-state index contributed by atoms with van der Waals surface area (Å²) < 4.78 is 1.75. The fourth-order valence-electron chi connectivity index (χ4n) is 2.41. The first-order valence-electron chi connectivity index (χ1n) is 5.87. The molecule has 4 nitrogen and oxygen atoms in total. The Balaban J connectivity index is 2.14. The highest BCUT2D eigenvalue weighted by Crippen LogP contribution is 2.20. The summed E-state index contributed by atoms with van der Waals surface area (Å²) in [6.07, 6.45) is 5.26. The summed E-state index contributed by atoms with van der Waals surface area (Å²) in [4.78, 5) is 13.4. The molecule has 0 radical (unpaired) electrons. The van der Waals surface area contributed by atoms with Crippen molar-refractivity contribution in [1.82, 2.24) is 9.47 Å². The van der Waals surface area contributed by atoms with Crippen LogP contribution < -0.4 is 0 Å². The van der Waals surface area contributed by atoms with Crippen LogP contribution in [0.4, 0.5) is 0 Å². The molecule has 2 heterocycles. The Labute approximate surface area is 106 Å². The molecular weight excluding hydrogens is 240 g/mol. The quantitative estimate of drug-likeness (QED) is 0.903. The lowest BCUT2D eigenvalue weighted by Crippen LogP contribution is -2.39. The van der Waals surface area contributed by atoms with E-state index in [1.807, 2.05) is 0 Å². The van der Waals surface area contributed by atoms with Crippen LogP contribution in [-0.2, 0) is 6.54 Å². The lowest BCUT2D eigenvalue weighted by Gasteiger charge is -2.32. The Morgan fingerprint density at radius 3 is 3.00 bits per heavy atom. The van der Waals surface area contributed by atoms with E-state index < -0.39 is 5.97 Å². The zero-order valence-electron chi connectivity index (χ0n) is 9.90. The van der Waals surface area contributed by atoms with E-state index in [4.69, 9.17) is 16.7 Å². The van der Waals surface area contributed by atoms with Gasteiger partial charge < -0.3 is 14.6 Å². The number of likely N-dealkylation sites (N-methyl/N-ethyl adjacent to an activating group) is 1. The third-order valence-electron chi connectivity index (χ3n) is 3.41. The van der Waals surface area contributed by atoms with Crippen LogP contribution in [0.1, 0.15) is 29.8 Å². The van der Waals surface area contributed by atoms with Gasteiger partial charge in [0.15, 0.2) is 0 Å². The topological polar surface area (TPSA) is 45.5 Å². The van der Waals surface area contributed by atoms with Crippen molar-refractivity contribution < 1.29 is 9.90 Å². The summed E-state index contributed by atoms with van der Waals surface area (Å²) in [5, 5.41) is 9.57. The zero-order valence-corrected chi connectivity index (χ0v) is 10.7. The van der Waals surface area contributed by atoms with E-state index in [2.05, 4.69) is 11.9 Å². The monoisotopic (exact) mass is 256 g/mol. The molecule has 1 N–H and O–H groups in total. The van der Waals surface area contributed by atoms with Gasteiger partial charge in [-0.3, -0.25) is 0 Å². The van der Waals surface area contributed by atoms with E-state index in [1.54, 1.807) is 10.8 Å². The number of hydrogen-bond donors (Lipinski definition) is 1. The van der Waals surface area contributed by atoms with Crippen molar-refractivity contribution in [3.05, 3.63) is 23.0 Å². The highest BCUT2D eigenvalue weighted by atomic mass is 35.5. The van der Waals surface area contributed by atoms with E-state index in [0.29, 0.717) is 17.6 Å². The number of piperidine rings is 1. The molecule has 1 unspecified atom stereocenters. The first-order valence-corrected chi connectivity index (χ1v) is 6.25. The third kappa shape index (κ3) is 2.82. The molecule has 0 aliphatic carbocycles. The van der Waals surface area contributed by atoms with Gasteiger partial charge in [0.05, 0.1) is 5.02 Å². The summed E-state index contributed by atoms with van der Waals surface area (Å²) in [7, 11) is 2.09. The Kier molecular flexibility index (Phi) is 3.74. The maximum Gasteiger partial charge on any atom is 0.352 e. The lowest BCUT2D eigenvalue weighted by atomic mass is 10.0. The van der Waals surface area contributed by atoms with Gasteiger partial charge in [-0.05, 0) is 32.5 Å². The van der Waals surface area contributed by atoms with E-state index in [1.165, 1.54) is 18.9 Å². The first-order chi connectivity index (χ1) is 8.08. The van der Waals surface area contributed by atoms with E-state index in [-0.39, 0.29) is 5.69 Å². The van der Waals surface area contributed by atoms with Gasteiger partial charge >= 0.3 is 5.97 Å². The van der Waals surface area contributed by atoms with E-state index in [9.17, 15) is 4.79 Å². The summed E-state index contributed by atoms with van der Waals surface area (Å²) >= 11 is 5.87. The molecule has 1 aromatic rings. The second-order valence-electron chi connectivity index (χ2n) is 4.63. The largest absolute Gasteiger partial charge is 0.477 e. The molecule has 1 atom stereocenters. The Hall–Kier alpha value is -1.00. The van der Waals surface area contributed by atoms with Crippen LogP contribution in [0.5, 0.6) is 0 Å². The van der Waals surface area contributed by atoms with Crippen LogP contribution in [0.25, 0.3) is 0 Å². The zero-order chi connectivity index (χ0) is 12.4. The predicted octanol–water partition coefficient (Wildman–Crippen LogP) is 2.32. The molecule has 0 amide bonds. The minimum Gasteiger partial charge on any atom is -0.477 e. The second kappa shape index (κ2) is 5.10. The van der Waals surface area contributed by atoms with E-state index >= 15 is 0 Å². The molecule has 94 valence electrons. The van der Waals surface area contributed by atoms with Gasteiger partial charge in [-0.15, -0.1) is 0 Å². The molecule has 2 rings (SSSR count). The fourth-order valence-corrected chi connectivity index (χ4v) is 2.63. The van der Waals surface area contributed by atoms with Crippen molar-refractivity contribution in [1.29, 1.82) is 0 Å². The van der Waals surface area contributed by atoms with Crippen molar-refractivity contribution in [2.75, 3.05) is 13.6 Å². The number of carbonyl (C=O) groups is 1. The van der Waals surface area contributed by atoms with Crippen molar-refractivity contribution in [3.8, 4) is 0 Å². The Morgan fingerprint density at radius 2 is 2.35 bits per heavy atom. The minimum absolute atomic E-state index is 0.272. The van der Waals surface area contributed by atoms with Crippen LogP contribution in [0, 0.1) is 0 Å². The van der Waals surface area contributed by atoms with Gasteiger partial charge in [0.1, 0.15) is 5.69 Å². The molecule has 0 aromatic carbocycles. The van der Waals surface area contributed by atoms with Crippen LogP contribution in [0.2, 0.25) is 5.02 Å². The number of likely N-dealkylation sites (tertiary alicyclic amines) is 1. The van der Waals surface area contributed by atoms with Gasteiger partial charge in [0.25, 0.3) is 0 Å². The molecule has 1 saturated heterocycles. The molecule has 0 saturated carbocycles. The fraction of sp³-hybridized carbons (Fsp3) is 0.583. The van der Waals surface area contributed by atoms with Crippen molar-refractivity contribution in [2.24, 2.45) is 0 Å². The number of carboxylic acid groups (broad SMARTS) is 1. The van der Waals surface area contributed by atoms with Crippen molar-refractivity contribution >= 4 is 17.6 Å². The molecule has 1 aromatic heterocycles. The molecule has 0 bridgehead atoms. The minimum atomic E-state index is -0.921. The van der Waals surface area contributed by atoms with Gasteiger partial charge in [-0.2, -0.15) is 0 Å². The van der Waals surface area contributed by atoms with Crippen molar-refractivity contribution in [2.45, 2.75) is 31.8 Å². The average Bonchev–Trinajstić information content (AvgIpc) is 2.63. The van der Waals surface area contributed by atoms with Gasteiger partial charge in [0.2, 0.25) is 0 Å². The number of aromatic nitrogens is 1. The number of nitrogens with zero attached hydrogens (tertiary/aromatic N) is 2. The number of carboxylic acids is 1. The second-order valence-corrected chi connectivity index (χ2v) is 5.07. The highest BCUT2D eigenvalue weighted by molar-refractivity contribution is 6.30. The molecule has 0 spiro atoms. The molecule has 1 fully saturated rings. The van der Waals surface area contributed by atoms with Crippen molar-refractivity contribution in [3.63, 3.8) is 0 Å². The Morgan fingerprint density at radius 1 is 1.59 bits per heavy atom. The van der Waals surface area contributed by atoms with Crippen LogP contribution in [0.15, 0.2) is 12.3 Å². The summed E-state index contributed by atoms with van der Waals surface area (Å²) in [5.41, 5.74) is 0.272. The SMILES string of the molecule is CN1CCCCC1Cn1cc(Cl)cc1C(=O)O. The van der Waals surface area contributed by atoms with Crippen LogP contribution in [-0.4, -0.2) is 40.2 Å². The van der Waals surface area contributed by atoms with Crippen LogP contribution >= 0.6 is 11.6 Å². The summed E-state index contributed by atoms with van der Waals surface area (Å²) in [6, 6.07) is 1.91. The number of rotatable bonds is 3.